The molecular formula is C21H22N4O4. The van der Waals surface area contributed by atoms with Crippen molar-refractivity contribution in [3.63, 3.8) is 0 Å². The number of aromatic nitrogens is 2. The molecule has 3 aromatic rings. The maximum Gasteiger partial charge on any atom is 0.273 e. The van der Waals surface area contributed by atoms with E-state index in [-0.39, 0.29) is 29.8 Å². The van der Waals surface area contributed by atoms with Crippen LogP contribution in [0.4, 0.5) is 5.69 Å². The van der Waals surface area contributed by atoms with Gasteiger partial charge in [-0.15, -0.1) is 0 Å². The average Bonchev–Trinajstić information content (AvgIpc) is 2.71. The minimum Gasteiger partial charge on any atom is -0.350 e. The summed E-state index contributed by atoms with van der Waals surface area (Å²) in [4.78, 5) is 48.5. The number of hydrogen-bond donors (Lipinski definition) is 3. The Morgan fingerprint density at radius 2 is 1.76 bits per heavy atom. The fraction of sp³-hybridized carbons (Fsp3) is 0.238. The molecule has 0 saturated carbocycles. The number of nitrogens with zero attached hydrogens (tertiary/aromatic N) is 1. The highest BCUT2D eigenvalue weighted by atomic mass is 16.2. The SMILES string of the molecule is CCCC(=O)Nc1cccc(CNC(=O)Cn2[nH]c(=O)c3ccccc3c2=O)c1. The molecule has 0 aliphatic carbocycles. The van der Waals surface area contributed by atoms with Crippen molar-refractivity contribution < 1.29 is 9.59 Å². The summed E-state index contributed by atoms with van der Waals surface area (Å²) in [6.45, 7) is 1.86. The molecule has 3 rings (SSSR count). The van der Waals surface area contributed by atoms with E-state index >= 15 is 0 Å². The fourth-order valence-corrected chi connectivity index (χ4v) is 2.97. The molecule has 0 aliphatic rings. The number of carbonyl (C=O) groups excluding carboxylic acids is 2. The van der Waals surface area contributed by atoms with E-state index in [4.69, 9.17) is 0 Å². The molecule has 1 aromatic heterocycles. The van der Waals surface area contributed by atoms with Crippen LogP contribution in [0.15, 0.2) is 58.1 Å². The molecule has 0 aliphatic heterocycles. The molecule has 0 spiro atoms. The number of fused-ring (bicyclic) bond motifs is 1. The number of hydrogen-bond acceptors (Lipinski definition) is 4. The van der Waals surface area contributed by atoms with Crippen LogP contribution in [0, 0.1) is 0 Å². The normalized spacial score (nSPS) is 10.7. The third-order valence-electron chi connectivity index (χ3n) is 4.36. The first-order valence-corrected chi connectivity index (χ1v) is 9.35. The van der Waals surface area contributed by atoms with Crippen molar-refractivity contribution in [2.24, 2.45) is 0 Å². The van der Waals surface area contributed by atoms with Crippen LogP contribution in [-0.4, -0.2) is 21.6 Å². The third kappa shape index (κ3) is 4.98. The largest absolute Gasteiger partial charge is 0.350 e. The van der Waals surface area contributed by atoms with E-state index in [9.17, 15) is 19.2 Å². The van der Waals surface area contributed by atoms with Crippen LogP contribution < -0.4 is 21.8 Å². The van der Waals surface area contributed by atoms with Crippen molar-refractivity contribution in [3.8, 4) is 0 Å². The monoisotopic (exact) mass is 394 g/mol. The maximum atomic E-state index is 12.5. The van der Waals surface area contributed by atoms with E-state index in [2.05, 4.69) is 15.7 Å². The van der Waals surface area contributed by atoms with Gasteiger partial charge in [0.2, 0.25) is 11.8 Å². The first kappa shape index (κ1) is 20.1. The highest BCUT2D eigenvalue weighted by Crippen LogP contribution is 2.11. The molecule has 3 N–H and O–H groups in total. The second-order valence-electron chi connectivity index (χ2n) is 6.65. The van der Waals surface area contributed by atoms with Crippen molar-refractivity contribution in [1.82, 2.24) is 15.1 Å². The second-order valence-corrected chi connectivity index (χ2v) is 6.65. The minimum atomic E-state index is -0.434. The van der Waals surface area contributed by atoms with Gasteiger partial charge in [0.25, 0.3) is 11.1 Å². The molecule has 0 atom stereocenters. The van der Waals surface area contributed by atoms with Gasteiger partial charge in [-0.2, -0.15) is 0 Å². The molecule has 2 amide bonds. The Morgan fingerprint density at radius 1 is 1.00 bits per heavy atom. The lowest BCUT2D eigenvalue weighted by atomic mass is 10.2. The van der Waals surface area contributed by atoms with E-state index in [1.165, 1.54) is 0 Å². The van der Waals surface area contributed by atoms with Crippen LogP contribution >= 0.6 is 0 Å². The van der Waals surface area contributed by atoms with Gasteiger partial charge in [-0.25, -0.2) is 4.68 Å². The Bertz CT molecular complexity index is 1160. The Labute approximate surface area is 166 Å². The Hall–Kier alpha value is -3.68. The van der Waals surface area contributed by atoms with E-state index in [1.807, 2.05) is 13.0 Å². The molecule has 150 valence electrons. The van der Waals surface area contributed by atoms with Gasteiger partial charge in [-0.05, 0) is 36.2 Å². The van der Waals surface area contributed by atoms with Crippen LogP contribution in [0.1, 0.15) is 25.3 Å². The predicted octanol–water partition coefficient (Wildman–Crippen LogP) is 1.74. The van der Waals surface area contributed by atoms with Crippen LogP contribution in [0.5, 0.6) is 0 Å². The Kier molecular flexibility index (Phi) is 6.23. The quantitative estimate of drug-likeness (QED) is 0.566. The van der Waals surface area contributed by atoms with E-state index < -0.39 is 17.0 Å². The van der Waals surface area contributed by atoms with Crippen molar-refractivity contribution in [3.05, 3.63) is 74.8 Å². The van der Waals surface area contributed by atoms with Gasteiger partial charge in [-0.3, -0.25) is 24.3 Å². The lowest BCUT2D eigenvalue weighted by Crippen LogP contribution is -2.36. The molecule has 8 heteroatoms. The van der Waals surface area contributed by atoms with Gasteiger partial charge in [0.15, 0.2) is 0 Å². The summed E-state index contributed by atoms with van der Waals surface area (Å²) in [5, 5.41) is 8.50. The summed E-state index contributed by atoms with van der Waals surface area (Å²) in [6, 6.07) is 13.6. The number of H-pyrrole nitrogens is 1. The fourth-order valence-electron chi connectivity index (χ4n) is 2.97. The number of anilines is 1. The van der Waals surface area contributed by atoms with Gasteiger partial charge < -0.3 is 10.6 Å². The number of rotatable bonds is 7. The van der Waals surface area contributed by atoms with E-state index in [0.717, 1.165) is 16.7 Å². The molecule has 29 heavy (non-hydrogen) atoms. The summed E-state index contributed by atoms with van der Waals surface area (Å²) in [7, 11) is 0. The molecule has 1 heterocycles. The van der Waals surface area contributed by atoms with E-state index in [0.29, 0.717) is 12.1 Å². The number of aromatic amines is 1. The molecular weight excluding hydrogens is 372 g/mol. The van der Waals surface area contributed by atoms with Crippen LogP contribution in [-0.2, 0) is 22.7 Å². The zero-order valence-corrected chi connectivity index (χ0v) is 16.0. The zero-order chi connectivity index (χ0) is 20.8. The highest BCUT2D eigenvalue weighted by Gasteiger charge is 2.10. The standard InChI is InChI=1S/C21H22N4O4/c1-2-6-18(26)23-15-8-5-7-14(11-15)12-22-19(27)13-25-21(29)17-10-4-3-9-16(17)20(28)24-25/h3-5,7-11H,2,6,12-13H2,1H3,(H,22,27)(H,23,26)(H,24,28). The maximum absolute atomic E-state index is 12.5. The van der Waals surface area contributed by atoms with Crippen LogP contribution in [0.2, 0.25) is 0 Å². The molecule has 0 fully saturated rings. The molecule has 0 unspecified atom stereocenters. The van der Waals surface area contributed by atoms with Crippen LogP contribution in [0.3, 0.4) is 0 Å². The molecule has 0 radical (unpaired) electrons. The lowest BCUT2D eigenvalue weighted by Gasteiger charge is -2.10. The minimum absolute atomic E-state index is 0.0617. The average molecular weight is 394 g/mol. The molecule has 8 nitrogen and oxygen atoms in total. The van der Waals surface area contributed by atoms with Crippen molar-refractivity contribution in [1.29, 1.82) is 0 Å². The van der Waals surface area contributed by atoms with Gasteiger partial charge in [0.1, 0.15) is 6.54 Å². The Balaban J connectivity index is 1.66. The summed E-state index contributed by atoms with van der Waals surface area (Å²) in [5.74, 6) is -0.480. The highest BCUT2D eigenvalue weighted by molar-refractivity contribution is 5.90. The molecule has 0 saturated heterocycles. The predicted molar refractivity (Wildman–Crippen MR) is 111 cm³/mol. The lowest BCUT2D eigenvalue weighted by molar-refractivity contribution is -0.122. The summed E-state index contributed by atoms with van der Waals surface area (Å²) in [5.41, 5.74) is 0.594. The topological polar surface area (TPSA) is 113 Å². The van der Waals surface area contributed by atoms with Gasteiger partial charge in [-0.1, -0.05) is 31.2 Å². The van der Waals surface area contributed by atoms with Gasteiger partial charge >= 0.3 is 0 Å². The summed E-state index contributed by atoms with van der Waals surface area (Å²) < 4.78 is 1.00. The first-order chi connectivity index (χ1) is 14.0. The summed E-state index contributed by atoms with van der Waals surface area (Å²) in [6.07, 6.45) is 1.21. The third-order valence-corrected chi connectivity index (χ3v) is 4.36. The van der Waals surface area contributed by atoms with E-state index in [1.54, 1.807) is 42.5 Å². The Morgan fingerprint density at radius 3 is 2.52 bits per heavy atom. The smallest absolute Gasteiger partial charge is 0.273 e. The van der Waals surface area contributed by atoms with Gasteiger partial charge in [0, 0.05) is 18.7 Å². The first-order valence-electron chi connectivity index (χ1n) is 9.35. The number of carbonyl (C=O) groups is 2. The number of nitrogens with one attached hydrogen (secondary N) is 3. The zero-order valence-electron chi connectivity index (χ0n) is 16.0. The van der Waals surface area contributed by atoms with Crippen molar-refractivity contribution in [2.75, 3.05) is 5.32 Å². The number of amides is 2. The number of benzene rings is 2. The van der Waals surface area contributed by atoms with Crippen molar-refractivity contribution >= 4 is 28.3 Å². The second kappa shape index (κ2) is 9.01. The summed E-state index contributed by atoms with van der Waals surface area (Å²) >= 11 is 0. The molecule has 0 bridgehead atoms. The van der Waals surface area contributed by atoms with Crippen molar-refractivity contribution in [2.45, 2.75) is 32.9 Å². The molecule has 2 aromatic carbocycles. The van der Waals surface area contributed by atoms with Gasteiger partial charge in [0.05, 0.1) is 10.8 Å². The van der Waals surface area contributed by atoms with Crippen LogP contribution in [0.25, 0.3) is 10.8 Å².